The number of benzene rings is 2. The first-order valence-corrected chi connectivity index (χ1v) is 11.1. The summed E-state index contributed by atoms with van der Waals surface area (Å²) in [5.41, 5.74) is 2.05. The van der Waals surface area contributed by atoms with Gasteiger partial charge >= 0.3 is 0 Å². The third-order valence-electron chi connectivity index (χ3n) is 5.28. The van der Waals surface area contributed by atoms with Crippen molar-refractivity contribution in [3.63, 3.8) is 0 Å². The van der Waals surface area contributed by atoms with Crippen LogP contribution in [-0.2, 0) is 9.63 Å². The van der Waals surface area contributed by atoms with E-state index in [4.69, 9.17) is 17.1 Å². The first-order valence-electron chi connectivity index (χ1n) is 9.75. The lowest BCUT2D eigenvalue weighted by Gasteiger charge is -2.29. The molecule has 2 heterocycles. The van der Waals surface area contributed by atoms with E-state index in [1.807, 2.05) is 53.6 Å². The number of hydroxylamine groups is 1. The first kappa shape index (κ1) is 19.4. The summed E-state index contributed by atoms with van der Waals surface area (Å²) in [5, 5.41) is 1.94. The second-order valence-electron chi connectivity index (χ2n) is 7.08. The average Bonchev–Trinajstić information content (AvgIpc) is 3.33. The summed E-state index contributed by atoms with van der Waals surface area (Å²) >= 11 is 7.03. The molecule has 2 aliphatic heterocycles. The Labute approximate surface area is 175 Å². The van der Waals surface area contributed by atoms with Gasteiger partial charge in [0.25, 0.3) is 0 Å². The van der Waals surface area contributed by atoms with E-state index in [1.165, 1.54) is 0 Å². The van der Waals surface area contributed by atoms with Crippen molar-refractivity contribution in [3.05, 3.63) is 66.2 Å². The molecule has 2 aliphatic rings. The van der Waals surface area contributed by atoms with Crippen molar-refractivity contribution in [1.82, 2.24) is 4.90 Å². The molecule has 2 aromatic rings. The Balaban J connectivity index is 1.77. The average molecular weight is 413 g/mol. The van der Waals surface area contributed by atoms with Gasteiger partial charge in [-0.25, -0.2) is 5.06 Å². The van der Waals surface area contributed by atoms with Gasteiger partial charge in [-0.3, -0.25) is 14.5 Å². The van der Waals surface area contributed by atoms with Gasteiger partial charge in [0.1, 0.15) is 4.32 Å². The zero-order valence-electron chi connectivity index (χ0n) is 15.9. The van der Waals surface area contributed by atoms with E-state index >= 15 is 0 Å². The molecule has 6 heteroatoms. The Morgan fingerprint density at radius 2 is 1.82 bits per heavy atom. The van der Waals surface area contributed by atoms with E-state index in [2.05, 4.69) is 19.1 Å². The Hall–Kier alpha value is -1.89. The minimum Gasteiger partial charge on any atom is -0.297 e. The van der Waals surface area contributed by atoms with E-state index < -0.39 is 0 Å². The smallest absolute Gasteiger partial charge is 0.236 e. The number of amides is 1. The quantitative estimate of drug-likeness (QED) is 0.657. The van der Waals surface area contributed by atoms with Gasteiger partial charge in [0.05, 0.1) is 23.8 Å². The lowest BCUT2D eigenvalue weighted by Crippen LogP contribution is -2.42. The molecule has 146 valence electrons. The normalized spacial score (nSPS) is 24.8. The van der Waals surface area contributed by atoms with Gasteiger partial charge in [-0.2, -0.15) is 0 Å². The van der Waals surface area contributed by atoms with E-state index in [1.54, 1.807) is 16.7 Å². The van der Waals surface area contributed by atoms with Gasteiger partial charge in [0.2, 0.25) is 5.91 Å². The highest BCUT2D eigenvalue weighted by Crippen LogP contribution is 2.45. The Kier molecular flexibility index (Phi) is 5.99. The second kappa shape index (κ2) is 8.64. The van der Waals surface area contributed by atoms with Crippen LogP contribution in [0.2, 0.25) is 0 Å². The minimum absolute atomic E-state index is 0.0840. The largest absolute Gasteiger partial charge is 0.297 e. The van der Waals surface area contributed by atoms with Crippen molar-refractivity contribution >= 4 is 39.9 Å². The Morgan fingerprint density at radius 1 is 1.14 bits per heavy atom. The van der Waals surface area contributed by atoms with Crippen LogP contribution in [-0.4, -0.2) is 33.5 Å². The van der Waals surface area contributed by atoms with Crippen molar-refractivity contribution in [2.24, 2.45) is 5.92 Å². The van der Waals surface area contributed by atoms with Gasteiger partial charge < -0.3 is 0 Å². The highest BCUT2D eigenvalue weighted by molar-refractivity contribution is 8.23. The number of nitrogens with zero attached hydrogens (tertiary/aromatic N) is 2. The summed E-state index contributed by atoms with van der Waals surface area (Å²) in [5.74, 6) is 0.662. The summed E-state index contributed by atoms with van der Waals surface area (Å²) in [6.07, 6.45) is 1.62. The highest BCUT2D eigenvalue weighted by Gasteiger charge is 2.50. The van der Waals surface area contributed by atoms with Crippen molar-refractivity contribution < 1.29 is 9.63 Å². The van der Waals surface area contributed by atoms with Gasteiger partial charge in [-0.15, -0.1) is 0 Å². The number of anilines is 1. The summed E-state index contributed by atoms with van der Waals surface area (Å²) in [4.78, 5) is 21.8. The lowest BCUT2D eigenvalue weighted by molar-refractivity contribution is -0.133. The van der Waals surface area contributed by atoms with Crippen LogP contribution in [0.4, 0.5) is 5.69 Å². The second-order valence-corrected chi connectivity index (χ2v) is 8.81. The van der Waals surface area contributed by atoms with Crippen molar-refractivity contribution in [3.8, 4) is 0 Å². The fourth-order valence-electron chi connectivity index (χ4n) is 4.00. The van der Waals surface area contributed by atoms with Crippen molar-refractivity contribution in [1.29, 1.82) is 0 Å². The molecule has 2 fully saturated rings. The third-order valence-corrected chi connectivity index (χ3v) is 6.71. The predicted molar refractivity (Wildman–Crippen MR) is 118 cm³/mol. The topological polar surface area (TPSA) is 32.8 Å². The van der Waals surface area contributed by atoms with Crippen LogP contribution in [0.3, 0.4) is 0 Å². The number of carbonyl (C=O) groups is 1. The van der Waals surface area contributed by atoms with E-state index in [0.717, 1.165) is 29.8 Å². The van der Waals surface area contributed by atoms with Crippen LogP contribution in [0.15, 0.2) is 60.7 Å². The SMILES string of the molecule is CCC[C@@H]1ON(c2ccccc2)[C@H](c2ccccc2)[C@H]1C(=O)N1CCSC1=S. The maximum absolute atomic E-state index is 13.6. The zero-order valence-corrected chi connectivity index (χ0v) is 17.5. The number of rotatable bonds is 5. The molecule has 0 radical (unpaired) electrons. The molecular formula is C22H24N2O2S2. The van der Waals surface area contributed by atoms with Crippen LogP contribution < -0.4 is 5.06 Å². The monoisotopic (exact) mass is 412 g/mol. The lowest BCUT2D eigenvalue weighted by atomic mass is 9.86. The van der Waals surface area contributed by atoms with Crippen molar-refractivity contribution in [2.75, 3.05) is 17.4 Å². The molecule has 0 spiro atoms. The summed E-state index contributed by atoms with van der Waals surface area (Å²) < 4.78 is 0.685. The molecule has 0 aromatic heterocycles. The number of carbonyl (C=O) groups excluding carboxylic acids is 1. The molecule has 0 saturated carbocycles. The minimum atomic E-state index is -0.292. The number of thiocarbonyl (C=S) groups is 1. The highest BCUT2D eigenvalue weighted by atomic mass is 32.2. The molecule has 4 rings (SSSR count). The number of para-hydroxylation sites is 1. The van der Waals surface area contributed by atoms with Gasteiger partial charge in [0, 0.05) is 12.3 Å². The van der Waals surface area contributed by atoms with Crippen LogP contribution in [0.5, 0.6) is 0 Å². The fourth-order valence-corrected chi connectivity index (χ4v) is 5.22. The van der Waals surface area contributed by atoms with Gasteiger partial charge in [-0.05, 0) is 24.1 Å². The molecule has 2 aromatic carbocycles. The fraction of sp³-hybridized carbons (Fsp3) is 0.364. The summed E-state index contributed by atoms with van der Waals surface area (Å²) in [6.45, 7) is 2.81. The number of hydrogen-bond donors (Lipinski definition) is 0. The summed E-state index contributed by atoms with van der Waals surface area (Å²) in [7, 11) is 0. The maximum Gasteiger partial charge on any atom is 0.236 e. The van der Waals surface area contributed by atoms with E-state index in [9.17, 15) is 4.79 Å². The molecule has 4 nitrogen and oxygen atoms in total. The number of thioether (sulfide) groups is 1. The molecule has 2 saturated heterocycles. The molecule has 3 atom stereocenters. The van der Waals surface area contributed by atoms with Crippen LogP contribution in [0.1, 0.15) is 31.4 Å². The molecule has 0 bridgehead atoms. The van der Waals surface area contributed by atoms with Crippen LogP contribution in [0.25, 0.3) is 0 Å². The standard InChI is InChI=1S/C22H24N2O2S2/c1-2-9-18-19(21(25)23-14-15-28-22(23)27)20(16-10-5-3-6-11-16)24(26-18)17-12-7-4-8-13-17/h3-8,10-13,18-20H,2,9,14-15H2,1H3/t18-,19-,20+/m0/s1. The molecule has 1 amide bonds. The molecule has 0 N–H and O–H groups in total. The molecular weight excluding hydrogens is 388 g/mol. The molecule has 0 aliphatic carbocycles. The third kappa shape index (κ3) is 3.69. The first-order chi connectivity index (χ1) is 13.7. The van der Waals surface area contributed by atoms with E-state index in [0.29, 0.717) is 10.9 Å². The molecule has 0 unspecified atom stereocenters. The summed E-state index contributed by atoms with van der Waals surface area (Å²) in [6, 6.07) is 20.1. The van der Waals surface area contributed by atoms with Crippen LogP contribution in [0, 0.1) is 5.92 Å². The van der Waals surface area contributed by atoms with Crippen molar-refractivity contribution in [2.45, 2.75) is 31.9 Å². The van der Waals surface area contributed by atoms with Gasteiger partial charge in [-0.1, -0.05) is 85.9 Å². The van der Waals surface area contributed by atoms with Gasteiger partial charge in [0.15, 0.2) is 0 Å². The van der Waals surface area contributed by atoms with Crippen LogP contribution >= 0.6 is 24.0 Å². The molecule has 28 heavy (non-hydrogen) atoms. The maximum atomic E-state index is 13.6. The Morgan fingerprint density at radius 3 is 2.43 bits per heavy atom. The Bertz CT molecular complexity index is 831. The van der Waals surface area contributed by atoms with E-state index in [-0.39, 0.29) is 24.0 Å². The zero-order chi connectivity index (χ0) is 19.5. The number of hydrogen-bond acceptors (Lipinski definition) is 5. The predicted octanol–water partition coefficient (Wildman–Crippen LogP) is 4.82.